The Labute approximate surface area is 140 Å². The summed E-state index contributed by atoms with van der Waals surface area (Å²) in [5.74, 6) is 0.189. The molecule has 1 amide bonds. The van der Waals surface area contributed by atoms with Crippen molar-refractivity contribution in [2.24, 2.45) is 0 Å². The van der Waals surface area contributed by atoms with E-state index in [1.807, 2.05) is 25.2 Å². The van der Waals surface area contributed by atoms with E-state index in [4.69, 9.17) is 0 Å². The van der Waals surface area contributed by atoms with Gasteiger partial charge in [0.15, 0.2) is 0 Å². The molecule has 2 aromatic rings. The highest BCUT2D eigenvalue weighted by Gasteiger charge is 2.13. The second kappa shape index (κ2) is 7.45. The normalized spacial score (nSPS) is 11.3. The molecule has 2 heteroatoms. The SMILES string of the molecule is CN(Cc1ccccc1)C(=O)CCc1ccc(C(C)(C)C)cc1. The Morgan fingerprint density at radius 2 is 1.52 bits per heavy atom. The Morgan fingerprint density at radius 3 is 2.09 bits per heavy atom. The van der Waals surface area contributed by atoms with E-state index in [-0.39, 0.29) is 11.3 Å². The molecule has 0 heterocycles. The fraction of sp³-hybridized carbons (Fsp3) is 0.381. The summed E-state index contributed by atoms with van der Waals surface area (Å²) in [5.41, 5.74) is 3.88. The van der Waals surface area contributed by atoms with Crippen LogP contribution in [0.25, 0.3) is 0 Å². The summed E-state index contributed by atoms with van der Waals surface area (Å²) >= 11 is 0. The summed E-state index contributed by atoms with van der Waals surface area (Å²) < 4.78 is 0. The average Bonchev–Trinajstić information content (AvgIpc) is 2.53. The lowest BCUT2D eigenvalue weighted by Gasteiger charge is -2.19. The molecule has 2 rings (SSSR count). The zero-order valence-electron chi connectivity index (χ0n) is 14.7. The van der Waals surface area contributed by atoms with Crippen LogP contribution in [0.5, 0.6) is 0 Å². The highest BCUT2D eigenvalue weighted by molar-refractivity contribution is 5.76. The number of hydrogen-bond acceptors (Lipinski definition) is 1. The maximum absolute atomic E-state index is 12.3. The Bertz CT molecular complexity index is 623. The van der Waals surface area contributed by atoms with Crippen LogP contribution >= 0.6 is 0 Å². The van der Waals surface area contributed by atoms with E-state index in [0.29, 0.717) is 13.0 Å². The van der Waals surface area contributed by atoms with Gasteiger partial charge in [-0.25, -0.2) is 0 Å². The molecule has 0 unspecified atom stereocenters. The van der Waals surface area contributed by atoms with Crippen molar-refractivity contribution in [1.82, 2.24) is 4.90 Å². The van der Waals surface area contributed by atoms with Gasteiger partial charge in [0.1, 0.15) is 0 Å². The lowest BCUT2D eigenvalue weighted by atomic mass is 9.86. The van der Waals surface area contributed by atoms with Crippen molar-refractivity contribution in [3.63, 3.8) is 0 Å². The van der Waals surface area contributed by atoms with Crippen molar-refractivity contribution in [3.8, 4) is 0 Å². The number of hydrogen-bond donors (Lipinski definition) is 0. The van der Waals surface area contributed by atoms with Crippen LogP contribution in [-0.4, -0.2) is 17.9 Å². The van der Waals surface area contributed by atoms with Crippen molar-refractivity contribution in [3.05, 3.63) is 71.3 Å². The number of carbonyl (C=O) groups excluding carboxylic acids is 1. The molecule has 0 atom stereocenters. The summed E-state index contributed by atoms with van der Waals surface area (Å²) in [7, 11) is 1.87. The predicted molar refractivity (Wildman–Crippen MR) is 96.4 cm³/mol. The molecule has 2 nitrogen and oxygen atoms in total. The van der Waals surface area contributed by atoms with Gasteiger partial charge < -0.3 is 4.90 Å². The number of carbonyl (C=O) groups is 1. The first-order valence-corrected chi connectivity index (χ1v) is 8.23. The van der Waals surface area contributed by atoms with Crippen LogP contribution in [0, 0.1) is 0 Å². The zero-order valence-corrected chi connectivity index (χ0v) is 14.7. The quantitative estimate of drug-likeness (QED) is 0.792. The first-order chi connectivity index (χ1) is 10.9. The largest absolute Gasteiger partial charge is 0.341 e. The number of amides is 1. The molecule has 0 aliphatic rings. The van der Waals surface area contributed by atoms with Gasteiger partial charge in [0.05, 0.1) is 0 Å². The molecule has 122 valence electrons. The number of aryl methyl sites for hydroxylation is 1. The van der Waals surface area contributed by atoms with E-state index >= 15 is 0 Å². The van der Waals surface area contributed by atoms with Gasteiger partial charge >= 0.3 is 0 Å². The van der Waals surface area contributed by atoms with Crippen LogP contribution in [0.3, 0.4) is 0 Å². The second-order valence-corrected chi connectivity index (χ2v) is 7.18. The molecule has 0 saturated heterocycles. The van der Waals surface area contributed by atoms with Crippen LogP contribution in [0.15, 0.2) is 54.6 Å². The fourth-order valence-electron chi connectivity index (χ4n) is 2.56. The van der Waals surface area contributed by atoms with E-state index in [9.17, 15) is 4.79 Å². The van der Waals surface area contributed by atoms with E-state index in [2.05, 4.69) is 57.2 Å². The summed E-state index contributed by atoms with van der Waals surface area (Å²) in [6, 6.07) is 18.7. The van der Waals surface area contributed by atoms with Crippen molar-refractivity contribution in [1.29, 1.82) is 0 Å². The number of rotatable bonds is 5. The fourth-order valence-corrected chi connectivity index (χ4v) is 2.56. The van der Waals surface area contributed by atoms with Crippen molar-refractivity contribution in [2.75, 3.05) is 7.05 Å². The highest BCUT2D eigenvalue weighted by atomic mass is 16.2. The summed E-state index contributed by atoms with van der Waals surface area (Å²) in [6.07, 6.45) is 1.35. The van der Waals surface area contributed by atoms with Gasteiger partial charge in [-0.15, -0.1) is 0 Å². The molecule has 0 saturated carbocycles. The average molecular weight is 309 g/mol. The Balaban J connectivity index is 1.86. The Hall–Kier alpha value is -2.09. The van der Waals surface area contributed by atoms with Gasteiger partial charge in [0.25, 0.3) is 0 Å². The first kappa shape index (κ1) is 17.3. The van der Waals surface area contributed by atoms with Crippen LogP contribution in [0.1, 0.15) is 43.9 Å². The van der Waals surface area contributed by atoms with Gasteiger partial charge in [0, 0.05) is 20.0 Å². The number of nitrogens with zero attached hydrogens (tertiary/aromatic N) is 1. The molecule has 2 aromatic carbocycles. The maximum Gasteiger partial charge on any atom is 0.222 e. The molecule has 23 heavy (non-hydrogen) atoms. The van der Waals surface area contributed by atoms with E-state index in [0.717, 1.165) is 12.0 Å². The summed E-state index contributed by atoms with van der Waals surface area (Å²) in [6.45, 7) is 7.31. The molecular weight excluding hydrogens is 282 g/mol. The minimum atomic E-state index is 0.171. The molecule has 0 aliphatic heterocycles. The second-order valence-electron chi connectivity index (χ2n) is 7.18. The van der Waals surface area contributed by atoms with Crippen molar-refractivity contribution in [2.45, 2.75) is 45.6 Å². The predicted octanol–water partition coefficient (Wildman–Crippen LogP) is 4.58. The van der Waals surface area contributed by atoms with E-state index in [1.165, 1.54) is 11.1 Å². The molecule has 0 aliphatic carbocycles. The molecular formula is C21H27NO. The third-order valence-electron chi connectivity index (χ3n) is 4.14. The van der Waals surface area contributed by atoms with Crippen molar-refractivity contribution < 1.29 is 4.79 Å². The standard InChI is InChI=1S/C21H27NO/c1-21(2,3)19-13-10-17(11-14-19)12-15-20(23)22(4)16-18-8-6-5-7-9-18/h5-11,13-14H,12,15-16H2,1-4H3. The lowest BCUT2D eigenvalue weighted by Crippen LogP contribution is -2.26. The first-order valence-electron chi connectivity index (χ1n) is 8.23. The van der Waals surface area contributed by atoms with Gasteiger partial charge in [-0.1, -0.05) is 75.4 Å². The minimum absolute atomic E-state index is 0.171. The minimum Gasteiger partial charge on any atom is -0.341 e. The molecule has 0 N–H and O–H groups in total. The lowest BCUT2D eigenvalue weighted by molar-refractivity contribution is -0.130. The summed E-state index contributed by atoms with van der Waals surface area (Å²) in [4.78, 5) is 14.1. The smallest absolute Gasteiger partial charge is 0.222 e. The van der Waals surface area contributed by atoms with Crippen molar-refractivity contribution >= 4 is 5.91 Å². The molecule has 0 aromatic heterocycles. The third kappa shape index (κ3) is 5.24. The Kier molecular flexibility index (Phi) is 5.59. The van der Waals surface area contributed by atoms with Crippen LogP contribution in [-0.2, 0) is 23.2 Å². The molecule has 0 bridgehead atoms. The molecule has 0 spiro atoms. The van der Waals surface area contributed by atoms with Crippen LogP contribution < -0.4 is 0 Å². The van der Waals surface area contributed by atoms with Gasteiger partial charge in [-0.2, -0.15) is 0 Å². The van der Waals surface area contributed by atoms with E-state index < -0.39 is 0 Å². The molecule has 0 radical (unpaired) electrons. The van der Waals surface area contributed by atoms with Gasteiger partial charge in [-0.05, 0) is 28.5 Å². The zero-order chi connectivity index (χ0) is 16.9. The van der Waals surface area contributed by atoms with Gasteiger partial charge in [0.2, 0.25) is 5.91 Å². The maximum atomic E-state index is 12.3. The third-order valence-corrected chi connectivity index (χ3v) is 4.14. The van der Waals surface area contributed by atoms with Crippen LogP contribution in [0.2, 0.25) is 0 Å². The Morgan fingerprint density at radius 1 is 0.913 bits per heavy atom. The topological polar surface area (TPSA) is 20.3 Å². The molecule has 0 fully saturated rings. The monoisotopic (exact) mass is 309 g/mol. The van der Waals surface area contributed by atoms with E-state index in [1.54, 1.807) is 4.90 Å². The van der Waals surface area contributed by atoms with Gasteiger partial charge in [-0.3, -0.25) is 4.79 Å². The summed E-state index contributed by atoms with van der Waals surface area (Å²) in [5, 5.41) is 0. The number of benzene rings is 2. The highest BCUT2D eigenvalue weighted by Crippen LogP contribution is 2.22. The van der Waals surface area contributed by atoms with Crippen LogP contribution in [0.4, 0.5) is 0 Å².